The molecule has 0 amide bonds. The number of carbonyl (C=O) groups is 4. The van der Waals surface area contributed by atoms with Crippen LogP contribution in [0.5, 0.6) is 0 Å². The average molecular weight is 633 g/mol. The van der Waals surface area contributed by atoms with E-state index in [4.69, 9.17) is 18.9 Å². The maximum atomic E-state index is 12.9. The Balaban J connectivity index is 1.15. The molecule has 0 spiro atoms. The zero-order valence-electron chi connectivity index (χ0n) is 27.9. The Bertz CT molecular complexity index is 1270. The second-order valence-corrected chi connectivity index (χ2v) is 13.7. The van der Waals surface area contributed by atoms with Gasteiger partial charge in [0, 0.05) is 0 Å². The van der Waals surface area contributed by atoms with Gasteiger partial charge in [-0.1, -0.05) is 55.7 Å². The lowest BCUT2D eigenvalue weighted by Crippen LogP contribution is -2.37. The molecule has 0 aromatic carbocycles. The second-order valence-electron chi connectivity index (χ2n) is 13.7. The molecule has 0 bridgehead atoms. The molecule has 0 aromatic rings. The topological polar surface area (TPSA) is 105 Å². The number of carbonyl (C=O) groups excluding carboxylic acids is 4. The normalized spacial score (nSPS) is 27.2. The molecule has 0 N–H and O–H groups in total. The van der Waals surface area contributed by atoms with Crippen molar-refractivity contribution in [2.45, 2.75) is 105 Å². The summed E-state index contributed by atoms with van der Waals surface area (Å²) in [5.74, 6) is -3.10. The quantitative estimate of drug-likeness (QED) is 0.161. The lowest BCUT2D eigenvalue weighted by molar-refractivity contribution is -0.160. The van der Waals surface area contributed by atoms with E-state index in [0.717, 1.165) is 51.4 Å². The molecule has 0 fully saturated rings. The van der Waals surface area contributed by atoms with Gasteiger partial charge in [-0.3, -0.25) is 19.2 Å². The molecule has 4 atom stereocenters. The molecule has 8 nitrogen and oxygen atoms in total. The Labute approximate surface area is 272 Å². The van der Waals surface area contributed by atoms with E-state index >= 15 is 0 Å². The molecule has 8 heteroatoms. The van der Waals surface area contributed by atoms with Crippen LogP contribution in [0.2, 0.25) is 0 Å². The van der Waals surface area contributed by atoms with Gasteiger partial charge in [0.05, 0.1) is 50.1 Å². The number of allylic oxidation sites excluding steroid dienone is 10. The molecule has 46 heavy (non-hydrogen) atoms. The second kappa shape index (κ2) is 13.7. The highest BCUT2D eigenvalue weighted by atomic mass is 16.5. The summed E-state index contributed by atoms with van der Waals surface area (Å²) in [6.45, 7) is 8.41. The molecule has 0 aromatic heterocycles. The van der Waals surface area contributed by atoms with Crippen LogP contribution >= 0.6 is 0 Å². The predicted molar refractivity (Wildman–Crippen MR) is 171 cm³/mol. The van der Waals surface area contributed by atoms with Crippen molar-refractivity contribution < 1.29 is 38.1 Å². The summed E-state index contributed by atoms with van der Waals surface area (Å²) < 4.78 is 21.6. The van der Waals surface area contributed by atoms with E-state index in [-0.39, 0.29) is 23.9 Å². The van der Waals surface area contributed by atoms with Gasteiger partial charge in [0.1, 0.15) is 0 Å². The van der Waals surface area contributed by atoms with E-state index in [1.54, 1.807) is 27.7 Å². The van der Waals surface area contributed by atoms with Gasteiger partial charge < -0.3 is 18.9 Å². The molecule has 6 rings (SSSR count). The highest BCUT2D eigenvalue weighted by molar-refractivity contribution is 5.84. The molecule has 0 aliphatic heterocycles. The number of ether oxygens (including phenoxy) is 4. The molecule has 2 unspecified atom stereocenters. The van der Waals surface area contributed by atoms with Crippen molar-refractivity contribution in [3.63, 3.8) is 0 Å². The summed E-state index contributed by atoms with van der Waals surface area (Å²) in [5.41, 5.74) is 14.3. The zero-order valence-corrected chi connectivity index (χ0v) is 27.9. The van der Waals surface area contributed by atoms with Crippen LogP contribution in [0.3, 0.4) is 0 Å². The van der Waals surface area contributed by atoms with E-state index in [1.165, 1.54) is 55.7 Å². The van der Waals surface area contributed by atoms with Crippen LogP contribution in [-0.4, -0.2) is 50.3 Å². The summed E-state index contributed by atoms with van der Waals surface area (Å²) in [4.78, 5) is 51.8. The van der Waals surface area contributed by atoms with Gasteiger partial charge in [0.2, 0.25) is 0 Å². The van der Waals surface area contributed by atoms with E-state index in [0.29, 0.717) is 52.1 Å². The monoisotopic (exact) mass is 632 g/mol. The van der Waals surface area contributed by atoms with E-state index in [1.807, 2.05) is 0 Å². The summed E-state index contributed by atoms with van der Waals surface area (Å²) >= 11 is 0. The highest BCUT2D eigenvalue weighted by Gasteiger charge is 2.44. The van der Waals surface area contributed by atoms with E-state index < -0.39 is 23.7 Å². The Hall–Kier alpha value is -3.42. The van der Waals surface area contributed by atoms with Crippen LogP contribution in [0, 0.1) is 23.7 Å². The Morgan fingerprint density at radius 2 is 0.543 bits per heavy atom. The van der Waals surface area contributed by atoms with Gasteiger partial charge in [-0.15, -0.1) is 0 Å². The molecule has 0 saturated heterocycles. The molecule has 0 radical (unpaired) electrons. The maximum absolute atomic E-state index is 12.9. The van der Waals surface area contributed by atoms with Gasteiger partial charge >= 0.3 is 23.9 Å². The van der Waals surface area contributed by atoms with E-state index in [9.17, 15) is 19.2 Å². The van der Waals surface area contributed by atoms with Crippen molar-refractivity contribution in [1.82, 2.24) is 0 Å². The maximum Gasteiger partial charge on any atom is 0.310 e. The summed E-state index contributed by atoms with van der Waals surface area (Å²) in [5, 5.41) is 0. The largest absolute Gasteiger partial charge is 0.466 e. The fourth-order valence-electron chi connectivity index (χ4n) is 8.92. The number of rotatable bonds is 8. The Morgan fingerprint density at radius 3 is 0.717 bits per heavy atom. The summed E-state index contributed by atoms with van der Waals surface area (Å²) in [6.07, 6.45) is 9.71. The first-order valence-corrected chi connectivity index (χ1v) is 17.4. The van der Waals surface area contributed by atoms with Gasteiger partial charge in [0.25, 0.3) is 0 Å². The average Bonchev–Trinajstić information content (AvgIpc) is 3.03. The van der Waals surface area contributed by atoms with Gasteiger partial charge in [-0.2, -0.15) is 0 Å². The van der Waals surface area contributed by atoms with Crippen molar-refractivity contribution in [3.8, 4) is 0 Å². The third kappa shape index (κ3) is 6.28. The first-order chi connectivity index (χ1) is 22.2. The van der Waals surface area contributed by atoms with Crippen LogP contribution in [0.4, 0.5) is 0 Å². The molecule has 6 aliphatic carbocycles. The fourth-order valence-corrected chi connectivity index (χ4v) is 8.92. The highest BCUT2D eigenvalue weighted by Crippen LogP contribution is 2.53. The first-order valence-electron chi connectivity index (χ1n) is 17.4. The first kappa shape index (κ1) is 32.5. The molecular weight excluding hydrogens is 584 g/mol. The number of esters is 4. The van der Waals surface area contributed by atoms with Crippen LogP contribution in [0.15, 0.2) is 55.7 Å². The van der Waals surface area contributed by atoms with Crippen molar-refractivity contribution in [3.05, 3.63) is 55.7 Å². The standard InChI is InChI=1S/C38H48O8/c1-5-43-35(39)31-17-27-13-23-9-21-11-25-15-29-19-33(37(41)45-7-3)34(38(42)46-8-4)20-30(29)16-26(25)12-22(21)10-24(23)14-28(27)18-32(31)36(40)44-6-2/h31-34H,5-20H2,1-4H3/t31-,32-,33?,34?/m1/s1. The SMILES string of the molecule is CCOC(=O)C1CC2=C(CC3=C(CC4=C(C3)CC3=C(C4)CC4=C(C3)C[C@@H](C(=O)OCC)[C@H](C(=O)OCC)C4)C2)CC1C(=O)OCC. The fraction of sp³-hybridized carbons (Fsp3) is 0.632. The molecule has 0 heterocycles. The van der Waals surface area contributed by atoms with Crippen LogP contribution in [0.1, 0.15) is 105 Å². The van der Waals surface area contributed by atoms with Crippen LogP contribution in [0.25, 0.3) is 0 Å². The predicted octanol–water partition coefficient (Wildman–Crippen LogP) is 6.95. The number of hydrogen-bond donors (Lipinski definition) is 0. The van der Waals surface area contributed by atoms with Gasteiger partial charge in [-0.05, 0) is 105 Å². The minimum atomic E-state index is -0.484. The minimum absolute atomic E-state index is 0.292. The zero-order chi connectivity index (χ0) is 32.5. The van der Waals surface area contributed by atoms with Crippen molar-refractivity contribution in [2.75, 3.05) is 26.4 Å². The lowest BCUT2D eigenvalue weighted by Gasteiger charge is -2.41. The number of hydrogen-bond acceptors (Lipinski definition) is 8. The minimum Gasteiger partial charge on any atom is -0.466 e. The third-order valence-corrected chi connectivity index (χ3v) is 11.1. The third-order valence-electron chi connectivity index (χ3n) is 11.1. The Morgan fingerprint density at radius 1 is 0.370 bits per heavy atom. The molecule has 248 valence electrons. The van der Waals surface area contributed by atoms with Crippen molar-refractivity contribution in [1.29, 1.82) is 0 Å². The lowest BCUT2D eigenvalue weighted by atomic mass is 9.64. The van der Waals surface area contributed by atoms with Gasteiger partial charge in [0.15, 0.2) is 0 Å². The smallest absolute Gasteiger partial charge is 0.310 e. The summed E-state index contributed by atoms with van der Waals surface area (Å²) in [6, 6.07) is 0. The molecule has 6 aliphatic rings. The Kier molecular flexibility index (Phi) is 9.72. The van der Waals surface area contributed by atoms with E-state index in [2.05, 4.69) is 0 Å². The molecule has 0 saturated carbocycles. The van der Waals surface area contributed by atoms with Crippen LogP contribution in [-0.2, 0) is 38.1 Å². The molecular formula is C38H48O8. The van der Waals surface area contributed by atoms with Crippen LogP contribution < -0.4 is 0 Å². The van der Waals surface area contributed by atoms with Crippen molar-refractivity contribution >= 4 is 23.9 Å². The van der Waals surface area contributed by atoms with Crippen molar-refractivity contribution in [2.24, 2.45) is 23.7 Å². The summed E-state index contributed by atoms with van der Waals surface area (Å²) in [7, 11) is 0. The van der Waals surface area contributed by atoms with Gasteiger partial charge in [-0.25, -0.2) is 0 Å².